The topological polar surface area (TPSA) is 77.1 Å². The molecule has 0 aromatic heterocycles. The van der Waals surface area contributed by atoms with Crippen LogP contribution in [0, 0.1) is 0 Å². The van der Waals surface area contributed by atoms with Gasteiger partial charge in [0.15, 0.2) is 11.5 Å². The van der Waals surface area contributed by atoms with Crippen LogP contribution >= 0.6 is 0 Å². The van der Waals surface area contributed by atoms with Crippen LogP contribution in [0.15, 0.2) is 42.5 Å². The van der Waals surface area contributed by atoms with Crippen molar-refractivity contribution in [3.63, 3.8) is 0 Å². The van der Waals surface area contributed by atoms with Gasteiger partial charge in [0.2, 0.25) is 5.91 Å². The van der Waals surface area contributed by atoms with Crippen LogP contribution < -0.4 is 19.7 Å². The van der Waals surface area contributed by atoms with Gasteiger partial charge in [0.05, 0.1) is 19.9 Å². The van der Waals surface area contributed by atoms with Gasteiger partial charge < -0.3 is 19.5 Å². The molecular weight excluding hydrogens is 372 g/mol. The highest BCUT2D eigenvalue weighted by Crippen LogP contribution is 2.35. The highest BCUT2D eigenvalue weighted by Gasteiger charge is 2.40. The fraction of sp³-hybridized carbons (Fsp3) is 0.364. The van der Waals surface area contributed by atoms with Gasteiger partial charge in [-0.15, -0.1) is 0 Å². The Hall–Kier alpha value is -3.22. The Morgan fingerprint density at radius 1 is 1.03 bits per heavy atom. The van der Waals surface area contributed by atoms with Crippen molar-refractivity contribution >= 4 is 23.4 Å². The standard InChI is InChI=1S/C22H26N2O5/c1-22(2,3)29-21(26)24-16-9-7-6-8-14(16)12-17(24)20(25)23-15-10-11-18(27-4)19(13-15)28-5/h6-11,13,17H,12H2,1-5H3,(H,23,25). The Balaban J connectivity index is 1.86. The van der Waals surface area contributed by atoms with Gasteiger partial charge in [-0.1, -0.05) is 18.2 Å². The number of methoxy groups -OCH3 is 2. The molecule has 1 heterocycles. The Morgan fingerprint density at radius 3 is 2.38 bits per heavy atom. The second-order valence-electron chi connectivity index (χ2n) is 7.76. The van der Waals surface area contributed by atoms with E-state index in [1.165, 1.54) is 12.0 Å². The molecule has 1 atom stereocenters. The molecule has 0 fully saturated rings. The summed E-state index contributed by atoms with van der Waals surface area (Å²) in [7, 11) is 3.08. The second kappa shape index (κ2) is 8.03. The number of amides is 2. The van der Waals surface area contributed by atoms with E-state index in [2.05, 4.69) is 5.32 Å². The van der Waals surface area contributed by atoms with E-state index in [0.717, 1.165) is 5.56 Å². The van der Waals surface area contributed by atoms with Crippen molar-refractivity contribution in [1.82, 2.24) is 0 Å². The molecule has 2 aromatic carbocycles. The minimum Gasteiger partial charge on any atom is -0.493 e. The summed E-state index contributed by atoms with van der Waals surface area (Å²) in [5, 5.41) is 2.87. The monoisotopic (exact) mass is 398 g/mol. The number of rotatable bonds is 4. The van der Waals surface area contributed by atoms with Crippen molar-refractivity contribution in [2.75, 3.05) is 24.4 Å². The first kappa shape index (κ1) is 20.5. The number of hydrogen-bond donors (Lipinski definition) is 1. The zero-order valence-electron chi connectivity index (χ0n) is 17.3. The molecule has 2 aromatic rings. The maximum atomic E-state index is 13.1. The van der Waals surface area contributed by atoms with Crippen LogP contribution in [-0.2, 0) is 16.0 Å². The summed E-state index contributed by atoms with van der Waals surface area (Å²) in [5.74, 6) is 0.762. The van der Waals surface area contributed by atoms with E-state index in [4.69, 9.17) is 14.2 Å². The molecule has 7 heteroatoms. The third-order valence-corrected chi connectivity index (χ3v) is 4.52. The van der Waals surface area contributed by atoms with Crippen LogP contribution in [0.5, 0.6) is 11.5 Å². The number of ether oxygens (including phenoxy) is 3. The summed E-state index contributed by atoms with van der Waals surface area (Å²) in [4.78, 5) is 27.4. The molecule has 0 saturated carbocycles. The number of para-hydroxylation sites is 1. The predicted molar refractivity (Wildman–Crippen MR) is 111 cm³/mol. The molecular formula is C22H26N2O5. The highest BCUT2D eigenvalue weighted by atomic mass is 16.6. The highest BCUT2D eigenvalue weighted by molar-refractivity contribution is 6.05. The van der Waals surface area contributed by atoms with Gasteiger partial charge in [0, 0.05) is 18.2 Å². The number of nitrogens with zero attached hydrogens (tertiary/aromatic N) is 1. The molecule has 154 valence electrons. The quantitative estimate of drug-likeness (QED) is 0.842. The van der Waals surface area contributed by atoms with E-state index < -0.39 is 17.7 Å². The Bertz CT molecular complexity index is 920. The van der Waals surface area contributed by atoms with Crippen molar-refractivity contribution in [3.8, 4) is 11.5 Å². The maximum Gasteiger partial charge on any atom is 0.415 e. The number of carbonyl (C=O) groups excluding carboxylic acids is 2. The predicted octanol–water partition coefficient (Wildman–Crippen LogP) is 4.01. The van der Waals surface area contributed by atoms with Crippen LogP contribution in [0.25, 0.3) is 0 Å². The summed E-state index contributed by atoms with van der Waals surface area (Å²) < 4.78 is 16.1. The number of hydrogen-bond acceptors (Lipinski definition) is 5. The molecule has 0 spiro atoms. The third-order valence-electron chi connectivity index (χ3n) is 4.52. The minimum absolute atomic E-state index is 0.306. The molecule has 7 nitrogen and oxygen atoms in total. The second-order valence-corrected chi connectivity index (χ2v) is 7.76. The number of carbonyl (C=O) groups is 2. The van der Waals surface area contributed by atoms with Gasteiger partial charge in [0.25, 0.3) is 0 Å². The normalized spacial score (nSPS) is 15.5. The van der Waals surface area contributed by atoms with E-state index in [1.54, 1.807) is 46.1 Å². The van der Waals surface area contributed by atoms with Crippen molar-refractivity contribution in [2.45, 2.75) is 38.8 Å². The lowest BCUT2D eigenvalue weighted by molar-refractivity contribution is -0.117. The lowest BCUT2D eigenvalue weighted by atomic mass is 10.1. The maximum absolute atomic E-state index is 13.1. The molecule has 3 rings (SSSR count). The van der Waals surface area contributed by atoms with Crippen LogP contribution in [0.3, 0.4) is 0 Å². The summed E-state index contributed by atoms with van der Waals surface area (Å²) in [6.45, 7) is 5.39. The number of benzene rings is 2. The zero-order valence-corrected chi connectivity index (χ0v) is 17.3. The molecule has 29 heavy (non-hydrogen) atoms. The average Bonchev–Trinajstić information content (AvgIpc) is 3.06. The Kier molecular flexibility index (Phi) is 5.68. The van der Waals surface area contributed by atoms with Crippen molar-refractivity contribution in [1.29, 1.82) is 0 Å². The molecule has 0 bridgehead atoms. The van der Waals surface area contributed by atoms with Gasteiger partial charge >= 0.3 is 6.09 Å². The van der Waals surface area contributed by atoms with Crippen molar-refractivity contribution in [2.24, 2.45) is 0 Å². The summed E-state index contributed by atoms with van der Waals surface area (Å²) in [6.07, 6.45) is -0.135. The van der Waals surface area contributed by atoms with Crippen molar-refractivity contribution in [3.05, 3.63) is 48.0 Å². The van der Waals surface area contributed by atoms with E-state index >= 15 is 0 Å². The van der Waals surface area contributed by atoms with Gasteiger partial charge in [-0.05, 0) is 44.5 Å². The van der Waals surface area contributed by atoms with E-state index in [1.807, 2.05) is 24.3 Å². The van der Waals surface area contributed by atoms with Gasteiger partial charge in [-0.3, -0.25) is 9.69 Å². The zero-order chi connectivity index (χ0) is 21.2. The molecule has 1 N–H and O–H groups in total. The molecule has 0 saturated heterocycles. The largest absolute Gasteiger partial charge is 0.493 e. The molecule has 1 aliphatic rings. The molecule has 2 amide bonds. The molecule has 0 radical (unpaired) electrons. The van der Waals surface area contributed by atoms with Gasteiger partial charge in [-0.2, -0.15) is 0 Å². The lowest BCUT2D eigenvalue weighted by Gasteiger charge is -2.28. The summed E-state index contributed by atoms with van der Waals surface area (Å²) in [5.41, 5.74) is 1.49. The van der Waals surface area contributed by atoms with E-state index in [0.29, 0.717) is 29.3 Å². The number of nitrogens with one attached hydrogen (secondary N) is 1. The first-order valence-electron chi connectivity index (χ1n) is 9.36. The Labute approximate surface area is 170 Å². The van der Waals surface area contributed by atoms with Crippen LogP contribution in [0.2, 0.25) is 0 Å². The molecule has 0 aliphatic carbocycles. The minimum atomic E-state index is -0.713. The van der Waals surface area contributed by atoms with Crippen LogP contribution in [0.1, 0.15) is 26.3 Å². The smallest absolute Gasteiger partial charge is 0.415 e. The fourth-order valence-corrected chi connectivity index (χ4v) is 3.27. The van der Waals surface area contributed by atoms with E-state index in [9.17, 15) is 9.59 Å². The SMILES string of the molecule is COc1ccc(NC(=O)C2Cc3ccccc3N2C(=O)OC(C)(C)C)cc1OC. The van der Waals surface area contributed by atoms with Gasteiger partial charge in [-0.25, -0.2) is 4.79 Å². The lowest BCUT2D eigenvalue weighted by Crippen LogP contribution is -2.47. The number of anilines is 2. The summed E-state index contributed by atoms with van der Waals surface area (Å²) in [6, 6.07) is 11.9. The Morgan fingerprint density at radius 2 is 1.72 bits per heavy atom. The van der Waals surface area contributed by atoms with E-state index in [-0.39, 0.29) is 5.91 Å². The fourth-order valence-electron chi connectivity index (χ4n) is 3.27. The molecule has 1 unspecified atom stereocenters. The number of fused-ring (bicyclic) bond motifs is 1. The van der Waals surface area contributed by atoms with Crippen LogP contribution in [0.4, 0.5) is 16.2 Å². The van der Waals surface area contributed by atoms with Crippen LogP contribution in [-0.4, -0.2) is 37.9 Å². The van der Waals surface area contributed by atoms with Gasteiger partial charge in [0.1, 0.15) is 11.6 Å². The van der Waals surface area contributed by atoms with Crippen molar-refractivity contribution < 1.29 is 23.8 Å². The third kappa shape index (κ3) is 4.45. The first-order chi connectivity index (χ1) is 13.7. The molecule has 1 aliphatic heterocycles. The first-order valence-corrected chi connectivity index (χ1v) is 9.36. The average molecular weight is 398 g/mol. The summed E-state index contributed by atoms with van der Waals surface area (Å²) >= 11 is 0.